The summed E-state index contributed by atoms with van der Waals surface area (Å²) < 4.78 is 25.3. The van der Waals surface area contributed by atoms with E-state index in [2.05, 4.69) is 15.9 Å². The fourth-order valence-electron chi connectivity index (χ4n) is 0.593. The first-order valence-corrected chi connectivity index (χ1v) is 4.22. The van der Waals surface area contributed by atoms with Crippen molar-refractivity contribution >= 4 is 39.1 Å². The third kappa shape index (κ3) is 1.39. The summed E-state index contributed by atoms with van der Waals surface area (Å²) in [6.45, 7) is 0. The fourth-order valence-corrected chi connectivity index (χ4v) is 1.36. The van der Waals surface area contributed by atoms with Gasteiger partial charge in [-0.15, -0.1) is 0 Å². The summed E-state index contributed by atoms with van der Waals surface area (Å²) in [5, 5.41) is 7.86. The first kappa shape index (κ1) is 10.0. The Bertz CT molecular complexity index is 238. The molecule has 0 aliphatic heterocycles. The van der Waals surface area contributed by atoms with Crippen LogP contribution in [0.3, 0.4) is 0 Å². The average Bonchev–Trinajstić information content (AvgIpc) is 2.08. The van der Waals surface area contributed by atoms with Crippen molar-refractivity contribution in [3.8, 4) is 5.75 Å². The van der Waals surface area contributed by atoms with Crippen LogP contribution >= 0.6 is 39.1 Å². The highest BCUT2D eigenvalue weighted by Gasteiger charge is 2.20. The van der Waals surface area contributed by atoms with Crippen molar-refractivity contribution in [1.82, 2.24) is 0 Å². The highest BCUT2D eigenvalue weighted by molar-refractivity contribution is 9.10. The number of aromatic hydroxyl groups is 1. The molecule has 0 aliphatic carbocycles. The van der Waals surface area contributed by atoms with Gasteiger partial charge in [0.2, 0.25) is 0 Å². The third-order valence-electron chi connectivity index (χ3n) is 1.19. The highest BCUT2D eigenvalue weighted by Crippen LogP contribution is 2.39. The molecule has 0 spiro atoms. The summed E-state index contributed by atoms with van der Waals surface area (Å²) in [5.74, 6) is -3.64. The zero-order valence-electron chi connectivity index (χ0n) is 5.34. The summed E-state index contributed by atoms with van der Waals surface area (Å²) in [6, 6.07) is 0. The molecule has 0 heterocycles. The second-order valence-corrected chi connectivity index (χ2v) is 3.47. The Hall–Kier alpha value is -0.0600. The van der Waals surface area contributed by atoms with Crippen LogP contribution in [0.2, 0.25) is 10.0 Å². The summed E-state index contributed by atoms with van der Waals surface area (Å²) in [6.07, 6.45) is 0. The zero-order chi connectivity index (χ0) is 9.46. The van der Waals surface area contributed by atoms with Crippen LogP contribution in [0.25, 0.3) is 0 Å². The average molecular weight is 278 g/mol. The van der Waals surface area contributed by atoms with Crippen LogP contribution in [0, 0.1) is 11.6 Å². The molecular weight excluding hydrogens is 277 g/mol. The number of hydrogen-bond donors (Lipinski definition) is 1. The lowest BCUT2D eigenvalue weighted by Gasteiger charge is -2.04. The van der Waals surface area contributed by atoms with Gasteiger partial charge in [-0.05, 0) is 15.9 Å². The van der Waals surface area contributed by atoms with Gasteiger partial charge >= 0.3 is 0 Å². The molecular formula is C6HBrCl2F2O. The molecule has 0 saturated heterocycles. The SMILES string of the molecule is Oc1c(F)c(Cl)c(Br)c(Cl)c1F. The van der Waals surface area contributed by atoms with Gasteiger partial charge in [-0.1, -0.05) is 23.2 Å². The van der Waals surface area contributed by atoms with Gasteiger partial charge in [0.15, 0.2) is 17.4 Å². The maximum absolute atomic E-state index is 12.7. The van der Waals surface area contributed by atoms with E-state index in [1.165, 1.54) is 0 Å². The highest BCUT2D eigenvalue weighted by atomic mass is 79.9. The van der Waals surface area contributed by atoms with Crippen molar-refractivity contribution in [3.05, 3.63) is 26.2 Å². The van der Waals surface area contributed by atoms with E-state index in [1.54, 1.807) is 0 Å². The minimum atomic E-state index is -1.23. The summed E-state index contributed by atoms with van der Waals surface area (Å²) in [7, 11) is 0. The van der Waals surface area contributed by atoms with Crippen LogP contribution in [-0.4, -0.2) is 5.11 Å². The number of rotatable bonds is 0. The van der Waals surface area contributed by atoms with Gasteiger partial charge in [-0.25, -0.2) is 8.78 Å². The predicted octanol–water partition coefficient (Wildman–Crippen LogP) is 3.74. The molecule has 1 rings (SSSR count). The summed E-state index contributed by atoms with van der Waals surface area (Å²) >= 11 is 13.4. The lowest BCUT2D eigenvalue weighted by molar-refractivity contribution is 0.396. The van der Waals surface area contributed by atoms with E-state index >= 15 is 0 Å². The fraction of sp³-hybridized carbons (Fsp3) is 0. The third-order valence-corrected chi connectivity index (χ3v) is 3.15. The molecule has 1 N–H and O–H groups in total. The van der Waals surface area contributed by atoms with Gasteiger partial charge < -0.3 is 5.11 Å². The molecule has 1 aromatic carbocycles. The van der Waals surface area contributed by atoms with Crippen molar-refractivity contribution in [3.63, 3.8) is 0 Å². The Morgan fingerprint density at radius 3 is 1.75 bits per heavy atom. The molecule has 12 heavy (non-hydrogen) atoms. The maximum Gasteiger partial charge on any atom is 0.191 e. The molecule has 0 fully saturated rings. The van der Waals surface area contributed by atoms with Crippen molar-refractivity contribution in [2.24, 2.45) is 0 Å². The standard InChI is InChI=1S/C6HBrCl2F2O/c7-1-2(8)4(10)6(12)5(11)3(1)9/h12H. The topological polar surface area (TPSA) is 20.2 Å². The lowest BCUT2D eigenvalue weighted by Crippen LogP contribution is -1.88. The van der Waals surface area contributed by atoms with Gasteiger partial charge in [-0.3, -0.25) is 0 Å². The van der Waals surface area contributed by atoms with E-state index in [0.717, 1.165) is 0 Å². The summed E-state index contributed by atoms with van der Waals surface area (Å²) in [5.41, 5.74) is 0. The Kier molecular flexibility index (Phi) is 2.81. The first-order valence-electron chi connectivity index (χ1n) is 2.67. The minimum Gasteiger partial charge on any atom is -0.503 e. The number of halogens is 5. The smallest absolute Gasteiger partial charge is 0.191 e. The van der Waals surface area contributed by atoms with Gasteiger partial charge in [0.05, 0.1) is 14.5 Å². The summed E-state index contributed by atoms with van der Waals surface area (Å²) in [4.78, 5) is 0. The number of phenolic OH excluding ortho intramolecular Hbond substituents is 1. The van der Waals surface area contributed by atoms with Gasteiger partial charge in [-0.2, -0.15) is 0 Å². The molecule has 0 unspecified atom stereocenters. The van der Waals surface area contributed by atoms with Crippen molar-refractivity contribution in [1.29, 1.82) is 0 Å². The molecule has 1 nitrogen and oxygen atoms in total. The Morgan fingerprint density at radius 2 is 1.42 bits per heavy atom. The van der Waals surface area contributed by atoms with Crippen molar-refractivity contribution in [2.45, 2.75) is 0 Å². The van der Waals surface area contributed by atoms with E-state index in [9.17, 15) is 8.78 Å². The van der Waals surface area contributed by atoms with E-state index < -0.39 is 27.4 Å². The quantitative estimate of drug-likeness (QED) is 0.566. The van der Waals surface area contributed by atoms with Crippen LogP contribution in [0.15, 0.2) is 4.47 Å². The van der Waals surface area contributed by atoms with Gasteiger partial charge in [0.1, 0.15) is 0 Å². The van der Waals surface area contributed by atoms with Gasteiger partial charge in [0.25, 0.3) is 0 Å². The number of phenols is 1. The first-order chi connectivity index (χ1) is 5.46. The molecule has 6 heteroatoms. The van der Waals surface area contributed by atoms with Gasteiger partial charge in [0, 0.05) is 0 Å². The largest absolute Gasteiger partial charge is 0.503 e. The molecule has 66 valence electrons. The van der Waals surface area contributed by atoms with Crippen molar-refractivity contribution < 1.29 is 13.9 Å². The van der Waals surface area contributed by atoms with Crippen LogP contribution < -0.4 is 0 Å². The van der Waals surface area contributed by atoms with Crippen LogP contribution in [-0.2, 0) is 0 Å². The molecule has 0 atom stereocenters. The molecule has 0 amide bonds. The molecule has 0 saturated carbocycles. The predicted molar refractivity (Wildman–Crippen MR) is 45.7 cm³/mol. The van der Waals surface area contributed by atoms with E-state index in [-0.39, 0.29) is 4.47 Å². The minimum absolute atomic E-state index is 0.112. The number of hydrogen-bond acceptors (Lipinski definition) is 1. The second-order valence-electron chi connectivity index (χ2n) is 1.92. The van der Waals surface area contributed by atoms with Crippen LogP contribution in [0.5, 0.6) is 5.75 Å². The van der Waals surface area contributed by atoms with E-state index in [4.69, 9.17) is 28.3 Å². The number of benzene rings is 1. The molecule has 0 radical (unpaired) electrons. The normalized spacial score (nSPS) is 10.4. The van der Waals surface area contributed by atoms with Crippen LogP contribution in [0.1, 0.15) is 0 Å². The second kappa shape index (κ2) is 3.36. The Labute approximate surface area is 85.0 Å². The van der Waals surface area contributed by atoms with E-state index in [0.29, 0.717) is 0 Å². The Balaban J connectivity index is 3.60. The van der Waals surface area contributed by atoms with Crippen molar-refractivity contribution in [2.75, 3.05) is 0 Å². The van der Waals surface area contributed by atoms with Crippen LogP contribution in [0.4, 0.5) is 8.78 Å². The zero-order valence-corrected chi connectivity index (χ0v) is 8.43. The molecule has 0 aromatic heterocycles. The monoisotopic (exact) mass is 276 g/mol. The maximum atomic E-state index is 12.7. The molecule has 1 aromatic rings. The Morgan fingerprint density at radius 1 is 1.08 bits per heavy atom. The lowest BCUT2D eigenvalue weighted by atomic mass is 10.3. The molecule has 0 aliphatic rings. The van der Waals surface area contributed by atoms with E-state index in [1.807, 2.05) is 0 Å². The molecule has 0 bridgehead atoms.